The highest BCUT2D eigenvalue weighted by atomic mass is 16.3. The average Bonchev–Trinajstić information content (AvgIpc) is 3.76. The molecule has 272 valence electrons. The molecule has 0 spiro atoms. The van der Waals surface area contributed by atoms with E-state index >= 15 is 0 Å². The van der Waals surface area contributed by atoms with E-state index in [0.29, 0.717) is 0 Å². The quantitative estimate of drug-likeness (QED) is 0.191. The smallest absolute Gasteiger partial charge is 0.136 e. The molecule has 0 saturated carbocycles. The molecule has 11 rings (SSSR count). The van der Waals surface area contributed by atoms with Crippen LogP contribution in [0.25, 0.3) is 77.2 Å². The average molecular weight is 732 g/mol. The van der Waals surface area contributed by atoms with Gasteiger partial charge in [-0.25, -0.2) is 0 Å². The third kappa shape index (κ3) is 6.36. The number of anilines is 2. The highest BCUT2D eigenvalue weighted by Crippen LogP contribution is 2.50. The van der Waals surface area contributed by atoms with Crippen LogP contribution < -0.4 is 5.32 Å². The van der Waals surface area contributed by atoms with Gasteiger partial charge in [0.05, 0.1) is 0 Å². The minimum Gasteiger partial charge on any atom is -0.456 e. The summed E-state index contributed by atoms with van der Waals surface area (Å²) in [6.45, 7) is 4.68. The summed E-state index contributed by atoms with van der Waals surface area (Å²) in [5.41, 5.74) is 17.0. The third-order valence-electron chi connectivity index (χ3n) is 11.5. The van der Waals surface area contributed by atoms with Crippen molar-refractivity contribution in [1.29, 1.82) is 0 Å². The van der Waals surface area contributed by atoms with Crippen LogP contribution in [0.15, 0.2) is 211 Å². The Labute approximate surface area is 333 Å². The Hall–Kier alpha value is -7.16. The lowest BCUT2D eigenvalue weighted by molar-refractivity contribution is 0.661. The van der Waals surface area contributed by atoms with Crippen LogP contribution in [-0.2, 0) is 5.41 Å². The van der Waals surface area contributed by atoms with Crippen LogP contribution in [-0.4, -0.2) is 0 Å². The second-order valence-electron chi connectivity index (χ2n) is 15.4. The fourth-order valence-electron chi connectivity index (χ4n) is 8.53. The van der Waals surface area contributed by atoms with Crippen molar-refractivity contribution in [2.45, 2.75) is 19.3 Å². The molecule has 1 heterocycles. The summed E-state index contributed by atoms with van der Waals surface area (Å²) in [5, 5.41) is 8.49. The molecule has 1 aliphatic carbocycles. The van der Waals surface area contributed by atoms with E-state index in [9.17, 15) is 0 Å². The Bertz CT molecular complexity index is 3030. The van der Waals surface area contributed by atoms with Crippen molar-refractivity contribution in [1.82, 2.24) is 0 Å². The lowest BCUT2D eigenvalue weighted by atomic mass is 9.81. The third-order valence-corrected chi connectivity index (χ3v) is 11.5. The summed E-state index contributed by atoms with van der Waals surface area (Å²) in [5.74, 6) is 0. The normalized spacial score (nSPS) is 12.5. The number of rotatable bonds is 5. The molecule has 2 nitrogen and oxygen atoms in total. The maximum atomic E-state index is 6.05. The Morgan fingerprint density at radius 1 is 0.368 bits per heavy atom. The number of fused-ring (bicyclic) bond motifs is 8. The second kappa shape index (κ2) is 14.2. The first-order chi connectivity index (χ1) is 28.0. The Kier molecular flexibility index (Phi) is 8.53. The van der Waals surface area contributed by atoms with Crippen LogP contribution in [0.1, 0.15) is 25.0 Å². The van der Waals surface area contributed by atoms with Crippen LogP contribution in [0, 0.1) is 0 Å². The molecule has 10 aromatic rings. The summed E-state index contributed by atoms with van der Waals surface area (Å²) < 4.78 is 6.05. The SMILES string of the molecule is CC1(C)c2cc(Nc3ccc(-c4ccccc4)cc3)ccc2-c2ccc(-c3ccccc3)cc21.c1ccc(-c2ccc3oc4ccc5ccccc5c4c3c2)cc1. The van der Waals surface area contributed by atoms with E-state index in [0.717, 1.165) is 22.5 Å². The van der Waals surface area contributed by atoms with Crippen molar-refractivity contribution in [2.24, 2.45) is 0 Å². The predicted molar refractivity (Wildman–Crippen MR) is 241 cm³/mol. The van der Waals surface area contributed by atoms with Crippen LogP contribution in [0.2, 0.25) is 0 Å². The van der Waals surface area contributed by atoms with Crippen LogP contribution in [0.4, 0.5) is 11.4 Å². The van der Waals surface area contributed by atoms with Gasteiger partial charge in [-0.15, -0.1) is 0 Å². The van der Waals surface area contributed by atoms with Crippen molar-refractivity contribution in [3.8, 4) is 44.5 Å². The molecule has 0 atom stereocenters. The fourth-order valence-corrected chi connectivity index (χ4v) is 8.53. The lowest BCUT2D eigenvalue weighted by Crippen LogP contribution is -2.15. The molecule has 1 aliphatic rings. The molecule has 0 amide bonds. The molecule has 0 radical (unpaired) electrons. The summed E-state index contributed by atoms with van der Waals surface area (Å²) in [6, 6.07) is 73.1. The Morgan fingerprint density at radius 3 is 1.54 bits per heavy atom. The zero-order valence-corrected chi connectivity index (χ0v) is 32.0. The summed E-state index contributed by atoms with van der Waals surface area (Å²) in [4.78, 5) is 0. The number of hydrogen-bond acceptors (Lipinski definition) is 2. The first-order valence-electron chi connectivity index (χ1n) is 19.7. The van der Waals surface area contributed by atoms with E-state index in [1.165, 1.54) is 77.2 Å². The van der Waals surface area contributed by atoms with Crippen LogP contribution in [0.3, 0.4) is 0 Å². The minimum atomic E-state index is -0.0513. The maximum Gasteiger partial charge on any atom is 0.136 e. The lowest BCUT2D eigenvalue weighted by Gasteiger charge is -2.23. The maximum absolute atomic E-state index is 6.05. The van der Waals surface area contributed by atoms with Gasteiger partial charge >= 0.3 is 0 Å². The monoisotopic (exact) mass is 731 g/mol. The first-order valence-corrected chi connectivity index (χ1v) is 19.7. The highest BCUT2D eigenvalue weighted by molar-refractivity contribution is 6.19. The molecule has 1 N–H and O–H groups in total. The van der Waals surface area contributed by atoms with Gasteiger partial charge in [-0.3, -0.25) is 0 Å². The highest BCUT2D eigenvalue weighted by Gasteiger charge is 2.35. The summed E-state index contributed by atoms with van der Waals surface area (Å²) in [7, 11) is 0. The standard InChI is InChI=1S/C33H27N.C22H14O/c1-33(2)31-21-26(24-11-7-4-8-12-24)15-19-29(31)30-20-18-28(22-32(30)33)34-27-16-13-25(14-17-27)23-9-5-3-6-10-23;1-2-6-15(7-3-1)17-11-12-20-19(14-17)22-18-9-5-4-8-16(18)10-13-21(22)23-20/h3-22,34H,1-2H3;1-14H. The van der Waals surface area contributed by atoms with Crippen molar-refractivity contribution in [3.05, 3.63) is 217 Å². The van der Waals surface area contributed by atoms with Gasteiger partial charge < -0.3 is 9.73 Å². The minimum absolute atomic E-state index is 0.0513. The van der Waals surface area contributed by atoms with Crippen molar-refractivity contribution in [3.63, 3.8) is 0 Å². The predicted octanol–water partition coefficient (Wildman–Crippen LogP) is 15.5. The molecule has 9 aromatic carbocycles. The van der Waals surface area contributed by atoms with Crippen LogP contribution in [0.5, 0.6) is 0 Å². The molecule has 2 heteroatoms. The molecule has 0 fully saturated rings. The number of hydrogen-bond donors (Lipinski definition) is 1. The summed E-state index contributed by atoms with van der Waals surface area (Å²) >= 11 is 0. The van der Waals surface area contributed by atoms with E-state index in [4.69, 9.17) is 4.42 Å². The second-order valence-corrected chi connectivity index (χ2v) is 15.4. The molecule has 0 unspecified atom stereocenters. The Morgan fingerprint density at radius 2 is 0.860 bits per heavy atom. The van der Waals surface area contributed by atoms with E-state index in [-0.39, 0.29) is 5.41 Å². The van der Waals surface area contributed by atoms with Crippen molar-refractivity contribution in [2.75, 3.05) is 5.32 Å². The first kappa shape index (κ1) is 34.3. The summed E-state index contributed by atoms with van der Waals surface area (Å²) in [6.07, 6.45) is 0. The van der Waals surface area contributed by atoms with Gasteiger partial charge in [-0.2, -0.15) is 0 Å². The largest absolute Gasteiger partial charge is 0.456 e. The zero-order valence-electron chi connectivity index (χ0n) is 32.0. The number of benzene rings is 9. The fraction of sp³-hybridized carbons (Fsp3) is 0.0545. The molecule has 57 heavy (non-hydrogen) atoms. The van der Waals surface area contributed by atoms with Crippen molar-refractivity contribution < 1.29 is 4.42 Å². The molecule has 0 aliphatic heterocycles. The van der Waals surface area contributed by atoms with Gasteiger partial charge in [0.1, 0.15) is 11.2 Å². The van der Waals surface area contributed by atoms with Gasteiger partial charge in [-0.05, 0) is 115 Å². The van der Waals surface area contributed by atoms with Gasteiger partial charge in [-0.1, -0.05) is 172 Å². The van der Waals surface area contributed by atoms with Gasteiger partial charge in [0.25, 0.3) is 0 Å². The molecule has 0 bridgehead atoms. The van der Waals surface area contributed by atoms with E-state index in [1.807, 2.05) is 6.07 Å². The number of furan rings is 1. The zero-order chi connectivity index (χ0) is 38.3. The van der Waals surface area contributed by atoms with Crippen LogP contribution >= 0.6 is 0 Å². The molecule has 1 aromatic heterocycles. The van der Waals surface area contributed by atoms with Gasteiger partial charge in [0.15, 0.2) is 0 Å². The molecule has 0 saturated heterocycles. The molecular weight excluding hydrogens is 691 g/mol. The molecular formula is C55H41NO. The van der Waals surface area contributed by atoms with E-state index < -0.39 is 0 Å². The van der Waals surface area contributed by atoms with Gasteiger partial charge in [0.2, 0.25) is 0 Å². The topological polar surface area (TPSA) is 25.2 Å². The van der Waals surface area contributed by atoms with Gasteiger partial charge in [0, 0.05) is 27.6 Å². The van der Waals surface area contributed by atoms with E-state index in [2.05, 4.69) is 219 Å². The van der Waals surface area contributed by atoms with Crippen molar-refractivity contribution >= 4 is 44.1 Å². The number of nitrogens with one attached hydrogen (secondary N) is 1. The Balaban J connectivity index is 0.000000149. The van der Waals surface area contributed by atoms with E-state index in [1.54, 1.807) is 0 Å².